The minimum Gasteiger partial charge on any atom is -0.316 e. The molecule has 14 heavy (non-hydrogen) atoms. The van der Waals surface area contributed by atoms with Crippen LogP contribution in [0.3, 0.4) is 0 Å². The van der Waals surface area contributed by atoms with Gasteiger partial charge >= 0.3 is 0 Å². The van der Waals surface area contributed by atoms with Gasteiger partial charge in [0.2, 0.25) is 0 Å². The van der Waals surface area contributed by atoms with E-state index in [1.165, 1.54) is 5.56 Å². The molecule has 1 N–H and O–H groups in total. The SMILES string of the molecule is CC1CNCC[C@@H]1c1ccc(F)cc1. The third-order valence-electron chi connectivity index (χ3n) is 3.08. The number of benzene rings is 1. The molecule has 1 nitrogen and oxygen atoms in total. The third-order valence-corrected chi connectivity index (χ3v) is 3.08. The maximum Gasteiger partial charge on any atom is 0.123 e. The van der Waals surface area contributed by atoms with Crippen LogP contribution < -0.4 is 5.32 Å². The largest absolute Gasteiger partial charge is 0.316 e. The summed E-state index contributed by atoms with van der Waals surface area (Å²) in [6, 6.07) is 6.96. The highest BCUT2D eigenvalue weighted by Crippen LogP contribution is 2.29. The molecule has 0 amide bonds. The lowest BCUT2D eigenvalue weighted by Gasteiger charge is -2.29. The fourth-order valence-corrected chi connectivity index (χ4v) is 2.22. The summed E-state index contributed by atoms with van der Waals surface area (Å²) in [5.74, 6) is 1.10. The van der Waals surface area contributed by atoms with E-state index in [0.717, 1.165) is 19.5 Å². The Labute approximate surface area is 84.3 Å². The van der Waals surface area contributed by atoms with Crippen LogP contribution in [-0.2, 0) is 0 Å². The summed E-state index contributed by atoms with van der Waals surface area (Å²) in [5.41, 5.74) is 1.28. The van der Waals surface area contributed by atoms with Gasteiger partial charge in [-0.2, -0.15) is 0 Å². The molecular weight excluding hydrogens is 177 g/mol. The zero-order chi connectivity index (χ0) is 9.97. The van der Waals surface area contributed by atoms with Crippen molar-refractivity contribution in [2.45, 2.75) is 19.3 Å². The number of halogens is 1. The second-order valence-electron chi connectivity index (χ2n) is 4.13. The normalized spacial score (nSPS) is 27.6. The Bertz CT molecular complexity index is 294. The highest BCUT2D eigenvalue weighted by molar-refractivity contribution is 5.21. The van der Waals surface area contributed by atoms with E-state index in [-0.39, 0.29) is 5.82 Å². The molecule has 1 unspecified atom stereocenters. The number of hydrogen-bond acceptors (Lipinski definition) is 1. The summed E-state index contributed by atoms with van der Waals surface area (Å²) in [6.07, 6.45) is 1.16. The van der Waals surface area contributed by atoms with Crippen molar-refractivity contribution in [1.29, 1.82) is 0 Å². The van der Waals surface area contributed by atoms with Crippen molar-refractivity contribution in [3.05, 3.63) is 35.6 Å². The maximum absolute atomic E-state index is 12.7. The van der Waals surface area contributed by atoms with Crippen LogP contribution in [0.15, 0.2) is 24.3 Å². The van der Waals surface area contributed by atoms with Crippen LogP contribution in [-0.4, -0.2) is 13.1 Å². The van der Waals surface area contributed by atoms with Crippen molar-refractivity contribution in [2.75, 3.05) is 13.1 Å². The standard InChI is InChI=1S/C12H16FN/c1-9-8-14-7-6-12(9)10-2-4-11(13)5-3-10/h2-5,9,12,14H,6-8H2,1H3/t9?,12-/m0/s1. The molecule has 0 aliphatic carbocycles. The lowest BCUT2D eigenvalue weighted by atomic mass is 9.82. The van der Waals surface area contributed by atoms with Gasteiger partial charge in [0, 0.05) is 0 Å². The number of piperidine rings is 1. The number of nitrogens with one attached hydrogen (secondary N) is 1. The van der Waals surface area contributed by atoms with Gasteiger partial charge in [0.25, 0.3) is 0 Å². The molecule has 0 aromatic heterocycles. The summed E-state index contributed by atoms with van der Waals surface area (Å²) in [6.45, 7) is 4.40. The topological polar surface area (TPSA) is 12.0 Å². The van der Waals surface area contributed by atoms with Crippen LogP contribution in [0.4, 0.5) is 4.39 Å². The van der Waals surface area contributed by atoms with E-state index in [1.807, 2.05) is 12.1 Å². The molecule has 1 heterocycles. The Morgan fingerprint density at radius 1 is 1.29 bits per heavy atom. The van der Waals surface area contributed by atoms with Gasteiger partial charge in [0.05, 0.1) is 0 Å². The molecule has 0 bridgehead atoms. The van der Waals surface area contributed by atoms with Gasteiger partial charge in [0.15, 0.2) is 0 Å². The van der Waals surface area contributed by atoms with Crippen LogP contribution in [0.25, 0.3) is 0 Å². The van der Waals surface area contributed by atoms with E-state index < -0.39 is 0 Å². The highest BCUT2D eigenvalue weighted by Gasteiger charge is 2.22. The third kappa shape index (κ3) is 1.95. The number of hydrogen-bond donors (Lipinski definition) is 1. The molecule has 1 aromatic rings. The van der Waals surface area contributed by atoms with E-state index in [2.05, 4.69) is 12.2 Å². The van der Waals surface area contributed by atoms with Crippen LogP contribution in [0.1, 0.15) is 24.8 Å². The Morgan fingerprint density at radius 2 is 2.00 bits per heavy atom. The summed E-state index contributed by atoms with van der Waals surface area (Å²) < 4.78 is 12.7. The van der Waals surface area contributed by atoms with Gasteiger partial charge in [0.1, 0.15) is 5.82 Å². The van der Waals surface area contributed by atoms with Crippen LogP contribution >= 0.6 is 0 Å². The van der Waals surface area contributed by atoms with Crippen LogP contribution in [0.5, 0.6) is 0 Å². The fourth-order valence-electron chi connectivity index (χ4n) is 2.22. The molecule has 0 radical (unpaired) electrons. The monoisotopic (exact) mass is 193 g/mol. The van der Waals surface area contributed by atoms with E-state index in [9.17, 15) is 4.39 Å². The van der Waals surface area contributed by atoms with Crippen molar-refractivity contribution in [2.24, 2.45) is 5.92 Å². The van der Waals surface area contributed by atoms with Crippen molar-refractivity contribution >= 4 is 0 Å². The molecule has 2 atom stereocenters. The summed E-state index contributed by atoms with van der Waals surface area (Å²) in [4.78, 5) is 0. The minimum absolute atomic E-state index is 0.143. The van der Waals surface area contributed by atoms with Crippen LogP contribution in [0.2, 0.25) is 0 Å². The first-order chi connectivity index (χ1) is 6.77. The van der Waals surface area contributed by atoms with E-state index in [1.54, 1.807) is 12.1 Å². The molecule has 1 fully saturated rings. The highest BCUT2D eigenvalue weighted by atomic mass is 19.1. The first-order valence-electron chi connectivity index (χ1n) is 5.23. The molecule has 1 aliphatic rings. The van der Waals surface area contributed by atoms with Crippen LogP contribution in [0, 0.1) is 11.7 Å². The first-order valence-corrected chi connectivity index (χ1v) is 5.23. The quantitative estimate of drug-likeness (QED) is 0.722. The Hall–Kier alpha value is -0.890. The average molecular weight is 193 g/mol. The molecular formula is C12H16FN. The Morgan fingerprint density at radius 3 is 2.64 bits per heavy atom. The van der Waals surface area contributed by atoms with Gasteiger partial charge < -0.3 is 5.32 Å². The predicted molar refractivity (Wildman–Crippen MR) is 55.8 cm³/mol. The molecule has 1 saturated heterocycles. The van der Waals surface area contributed by atoms with Gasteiger partial charge in [-0.15, -0.1) is 0 Å². The maximum atomic E-state index is 12.7. The molecule has 76 valence electrons. The smallest absolute Gasteiger partial charge is 0.123 e. The van der Waals surface area contributed by atoms with Gasteiger partial charge in [-0.3, -0.25) is 0 Å². The van der Waals surface area contributed by atoms with E-state index in [0.29, 0.717) is 11.8 Å². The van der Waals surface area contributed by atoms with E-state index >= 15 is 0 Å². The number of rotatable bonds is 1. The molecule has 0 spiro atoms. The molecule has 2 heteroatoms. The minimum atomic E-state index is -0.143. The second kappa shape index (κ2) is 4.09. The van der Waals surface area contributed by atoms with Crippen molar-refractivity contribution < 1.29 is 4.39 Å². The molecule has 1 aromatic carbocycles. The van der Waals surface area contributed by atoms with Crippen molar-refractivity contribution in [1.82, 2.24) is 5.32 Å². The van der Waals surface area contributed by atoms with Gasteiger partial charge in [-0.05, 0) is 49.0 Å². The summed E-state index contributed by atoms with van der Waals surface area (Å²) in [5, 5.41) is 3.37. The Balaban J connectivity index is 2.16. The second-order valence-corrected chi connectivity index (χ2v) is 4.13. The zero-order valence-corrected chi connectivity index (χ0v) is 8.46. The summed E-state index contributed by atoms with van der Waals surface area (Å²) >= 11 is 0. The summed E-state index contributed by atoms with van der Waals surface area (Å²) in [7, 11) is 0. The van der Waals surface area contributed by atoms with Crippen molar-refractivity contribution in [3.8, 4) is 0 Å². The molecule has 0 saturated carbocycles. The van der Waals surface area contributed by atoms with E-state index in [4.69, 9.17) is 0 Å². The Kier molecular flexibility index (Phi) is 2.82. The van der Waals surface area contributed by atoms with Gasteiger partial charge in [-0.25, -0.2) is 4.39 Å². The average Bonchev–Trinajstić information content (AvgIpc) is 2.20. The fraction of sp³-hybridized carbons (Fsp3) is 0.500. The first kappa shape index (κ1) is 9.66. The molecule has 2 rings (SSSR count). The lowest BCUT2D eigenvalue weighted by molar-refractivity contribution is 0.349. The lowest BCUT2D eigenvalue weighted by Crippen LogP contribution is -2.33. The molecule has 1 aliphatic heterocycles. The zero-order valence-electron chi connectivity index (χ0n) is 8.46. The van der Waals surface area contributed by atoms with Crippen molar-refractivity contribution in [3.63, 3.8) is 0 Å². The van der Waals surface area contributed by atoms with Gasteiger partial charge in [-0.1, -0.05) is 19.1 Å². The predicted octanol–water partition coefficient (Wildman–Crippen LogP) is 2.54.